The first-order chi connectivity index (χ1) is 7.66. The SMILES string of the molecule is Cc1nccc(-c2ccc(C(=O)Cl)cc2)n1. The number of aromatic nitrogens is 2. The fourth-order valence-electron chi connectivity index (χ4n) is 1.39. The molecule has 1 aromatic carbocycles. The molecule has 2 aromatic rings. The molecule has 0 aliphatic carbocycles. The summed E-state index contributed by atoms with van der Waals surface area (Å²) in [5, 5.41) is -0.453. The van der Waals surface area contributed by atoms with Crippen LogP contribution in [0.2, 0.25) is 0 Å². The highest BCUT2D eigenvalue weighted by atomic mass is 35.5. The Morgan fingerprint density at radius 3 is 2.44 bits per heavy atom. The van der Waals surface area contributed by atoms with Gasteiger partial charge < -0.3 is 0 Å². The summed E-state index contributed by atoms with van der Waals surface area (Å²) in [5.74, 6) is 0.718. The molecule has 0 fully saturated rings. The van der Waals surface area contributed by atoms with Crippen LogP contribution >= 0.6 is 11.6 Å². The highest BCUT2D eigenvalue weighted by Gasteiger charge is 2.03. The molecular formula is C12H9ClN2O. The van der Waals surface area contributed by atoms with Gasteiger partial charge in [0.2, 0.25) is 0 Å². The van der Waals surface area contributed by atoms with E-state index < -0.39 is 5.24 Å². The summed E-state index contributed by atoms with van der Waals surface area (Å²) >= 11 is 5.36. The number of benzene rings is 1. The van der Waals surface area contributed by atoms with Crippen molar-refractivity contribution in [1.82, 2.24) is 9.97 Å². The molecule has 2 rings (SSSR count). The van der Waals surface area contributed by atoms with E-state index in [2.05, 4.69) is 9.97 Å². The van der Waals surface area contributed by atoms with Crippen LogP contribution in [0.5, 0.6) is 0 Å². The van der Waals surface area contributed by atoms with Crippen LogP contribution in [0.25, 0.3) is 11.3 Å². The number of aryl methyl sites for hydroxylation is 1. The lowest BCUT2D eigenvalue weighted by atomic mass is 10.1. The normalized spacial score (nSPS) is 10.1. The van der Waals surface area contributed by atoms with Crippen LogP contribution < -0.4 is 0 Å². The summed E-state index contributed by atoms with van der Waals surface area (Å²) in [4.78, 5) is 19.2. The molecule has 16 heavy (non-hydrogen) atoms. The van der Waals surface area contributed by atoms with Gasteiger partial charge in [-0.3, -0.25) is 4.79 Å². The molecule has 0 bridgehead atoms. The Kier molecular flexibility index (Phi) is 2.97. The molecule has 0 aliphatic heterocycles. The summed E-state index contributed by atoms with van der Waals surface area (Å²) in [7, 11) is 0. The summed E-state index contributed by atoms with van der Waals surface area (Å²) in [5.41, 5.74) is 2.25. The van der Waals surface area contributed by atoms with Crippen LogP contribution in [0.15, 0.2) is 36.5 Å². The van der Waals surface area contributed by atoms with Gasteiger partial charge in [-0.25, -0.2) is 9.97 Å². The summed E-state index contributed by atoms with van der Waals surface area (Å²) in [6.07, 6.45) is 1.71. The predicted octanol–water partition coefficient (Wildman–Crippen LogP) is 2.83. The van der Waals surface area contributed by atoms with E-state index in [9.17, 15) is 4.79 Å². The van der Waals surface area contributed by atoms with E-state index in [1.165, 1.54) is 0 Å². The van der Waals surface area contributed by atoms with Crippen molar-refractivity contribution < 1.29 is 4.79 Å². The van der Waals surface area contributed by atoms with E-state index in [1.807, 2.05) is 25.1 Å². The molecular weight excluding hydrogens is 224 g/mol. The fraction of sp³-hybridized carbons (Fsp3) is 0.0833. The molecule has 0 radical (unpaired) electrons. The van der Waals surface area contributed by atoms with Crippen LogP contribution in [0.1, 0.15) is 16.2 Å². The number of rotatable bonds is 2. The summed E-state index contributed by atoms with van der Waals surface area (Å²) in [6, 6.07) is 8.82. The average molecular weight is 233 g/mol. The quantitative estimate of drug-likeness (QED) is 0.748. The smallest absolute Gasteiger partial charge is 0.252 e. The summed E-state index contributed by atoms with van der Waals surface area (Å²) in [6.45, 7) is 1.83. The van der Waals surface area contributed by atoms with Crippen molar-refractivity contribution in [3.05, 3.63) is 47.9 Å². The molecule has 0 aliphatic rings. The highest BCUT2D eigenvalue weighted by Crippen LogP contribution is 2.17. The van der Waals surface area contributed by atoms with E-state index in [4.69, 9.17) is 11.6 Å². The predicted molar refractivity (Wildman–Crippen MR) is 62.4 cm³/mol. The van der Waals surface area contributed by atoms with Gasteiger partial charge >= 0.3 is 0 Å². The fourth-order valence-corrected chi connectivity index (χ4v) is 1.51. The second-order valence-corrected chi connectivity index (χ2v) is 3.68. The molecule has 1 aromatic heterocycles. The van der Waals surface area contributed by atoms with Crippen molar-refractivity contribution in [3.63, 3.8) is 0 Å². The summed E-state index contributed by atoms with van der Waals surface area (Å²) < 4.78 is 0. The third kappa shape index (κ3) is 2.25. The number of halogens is 1. The van der Waals surface area contributed by atoms with Crippen LogP contribution in [-0.4, -0.2) is 15.2 Å². The standard InChI is InChI=1S/C12H9ClN2O/c1-8-14-7-6-11(15-8)9-2-4-10(5-3-9)12(13)16/h2-7H,1H3. The first-order valence-corrected chi connectivity index (χ1v) is 5.14. The lowest BCUT2D eigenvalue weighted by Crippen LogP contribution is -1.91. The number of nitrogens with zero attached hydrogens (tertiary/aromatic N) is 2. The Morgan fingerprint density at radius 1 is 1.19 bits per heavy atom. The van der Waals surface area contributed by atoms with Crippen molar-refractivity contribution in [2.75, 3.05) is 0 Å². The molecule has 0 N–H and O–H groups in total. The monoisotopic (exact) mass is 232 g/mol. The van der Waals surface area contributed by atoms with Crippen molar-refractivity contribution >= 4 is 16.8 Å². The first-order valence-electron chi connectivity index (χ1n) is 4.77. The Hall–Kier alpha value is -1.74. The van der Waals surface area contributed by atoms with Crippen LogP contribution in [0.4, 0.5) is 0 Å². The van der Waals surface area contributed by atoms with Crippen LogP contribution in [-0.2, 0) is 0 Å². The minimum absolute atomic E-state index is 0.453. The van der Waals surface area contributed by atoms with E-state index in [0.717, 1.165) is 17.1 Å². The number of carbonyl (C=O) groups is 1. The minimum atomic E-state index is -0.453. The van der Waals surface area contributed by atoms with Gasteiger partial charge in [0, 0.05) is 17.3 Å². The Balaban J connectivity index is 2.38. The highest BCUT2D eigenvalue weighted by molar-refractivity contribution is 6.67. The van der Waals surface area contributed by atoms with Gasteiger partial charge in [-0.1, -0.05) is 12.1 Å². The maximum Gasteiger partial charge on any atom is 0.252 e. The van der Waals surface area contributed by atoms with Gasteiger partial charge in [-0.15, -0.1) is 0 Å². The molecule has 3 nitrogen and oxygen atoms in total. The van der Waals surface area contributed by atoms with Gasteiger partial charge in [0.1, 0.15) is 5.82 Å². The zero-order valence-corrected chi connectivity index (χ0v) is 9.40. The molecule has 0 saturated carbocycles. The van der Waals surface area contributed by atoms with Crippen LogP contribution in [0.3, 0.4) is 0 Å². The number of hydrogen-bond donors (Lipinski definition) is 0. The van der Waals surface area contributed by atoms with Gasteiger partial charge in [0.05, 0.1) is 5.69 Å². The molecule has 4 heteroatoms. The van der Waals surface area contributed by atoms with E-state index >= 15 is 0 Å². The second kappa shape index (κ2) is 4.41. The van der Waals surface area contributed by atoms with Gasteiger partial charge in [-0.05, 0) is 36.7 Å². The molecule has 0 spiro atoms. The average Bonchev–Trinajstić information content (AvgIpc) is 2.29. The second-order valence-electron chi connectivity index (χ2n) is 3.34. The third-order valence-electron chi connectivity index (χ3n) is 2.18. The van der Waals surface area contributed by atoms with Gasteiger partial charge in [0.25, 0.3) is 5.24 Å². The maximum atomic E-state index is 10.9. The molecule has 0 unspecified atom stereocenters. The molecule has 1 heterocycles. The van der Waals surface area contributed by atoms with E-state index in [-0.39, 0.29) is 0 Å². The zero-order valence-electron chi connectivity index (χ0n) is 8.64. The molecule has 0 amide bonds. The Labute approximate surface area is 98.1 Å². The molecule has 80 valence electrons. The largest absolute Gasteiger partial charge is 0.276 e. The molecule has 0 atom stereocenters. The Morgan fingerprint density at radius 2 is 1.88 bits per heavy atom. The van der Waals surface area contributed by atoms with Crippen molar-refractivity contribution in [3.8, 4) is 11.3 Å². The third-order valence-corrected chi connectivity index (χ3v) is 2.40. The van der Waals surface area contributed by atoms with Gasteiger partial charge in [-0.2, -0.15) is 0 Å². The van der Waals surface area contributed by atoms with E-state index in [1.54, 1.807) is 18.3 Å². The lowest BCUT2D eigenvalue weighted by molar-refractivity contribution is 0.108. The number of carbonyl (C=O) groups excluding carboxylic acids is 1. The minimum Gasteiger partial charge on any atom is -0.276 e. The zero-order chi connectivity index (χ0) is 11.5. The molecule has 0 saturated heterocycles. The van der Waals surface area contributed by atoms with Crippen LogP contribution in [0, 0.1) is 6.92 Å². The topological polar surface area (TPSA) is 42.9 Å². The van der Waals surface area contributed by atoms with Crippen molar-refractivity contribution in [2.24, 2.45) is 0 Å². The first kappa shape index (κ1) is 10.8. The van der Waals surface area contributed by atoms with Crippen molar-refractivity contribution in [2.45, 2.75) is 6.92 Å². The maximum absolute atomic E-state index is 10.9. The van der Waals surface area contributed by atoms with E-state index in [0.29, 0.717) is 5.56 Å². The van der Waals surface area contributed by atoms with Crippen molar-refractivity contribution in [1.29, 1.82) is 0 Å². The Bertz CT molecular complexity index is 523. The number of hydrogen-bond acceptors (Lipinski definition) is 3. The lowest BCUT2D eigenvalue weighted by Gasteiger charge is -2.01. The van der Waals surface area contributed by atoms with Gasteiger partial charge in [0.15, 0.2) is 0 Å².